The fourth-order valence-electron chi connectivity index (χ4n) is 3.74. The van der Waals surface area contributed by atoms with Crippen molar-refractivity contribution in [1.82, 2.24) is 15.1 Å². The van der Waals surface area contributed by atoms with Crippen molar-refractivity contribution < 1.29 is 13.9 Å². The Morgan fingerprint density at radius 1 is 1.29 bits per heavy atom. The molecule has 168 valence electrons. The van der Waals surface area contributed by atoms with E-state index in [1.54, 1.807) is 18.2 Å². The molecule has 5 nitrogen and oxygen atoms in total. The maximum atomic E-state index is 13.2. The molecule has 3 rings (SSSR count). The maximum absolute atomic E-state index is 13.2. The van der Waals surface area contributed by atoms with Gasteiger partial charge in [-0.15, -0.1) is 0 Å². The largest absolute Gasteiger partial charge is 0.486 e. The molecule has 2 aromatic rings. The van der Waals surface area contributed by atoms with Crippen LogP contribution in [0.25, 0.3) is 0 Å². The Morgan fingerprint density at radius 2 is 2.00 bits per heavy atom. The van der Waals surface area contributed by atoms with Gasteiger partial charge in [0, 0.05) is 37.2 Å². The summed E-state index contributed by atoms with van der Waals surface area (Å²) in [5, 5.41) is 4.01. The minimum atomic E-state index is -0.721. The number of hydrogen-bond acceptors (Lipinski definition) is 5. The van der Waals surface area contributed by atoms with Gasteiger partial charge in [-0.3, -0.25) is 9.69 Å². The van der Waals surface area contributed by atoms with Gasteiger partial charge in [-0.2, -0.15) is 0 Å². The average molecular weight is 448 g/mol. The fourth-order valence-corrected chi connectivity index (χ4v) is 3.97. The first-order valence-electron chi connectivity index (χ1n) is 10.5. The van der Waals surface area contributed by atoms with E-state index in [-0.39, 0.29) is 24.2 Å². The van der Waals surface area contributed by atoms with E-state index in [9.17, 15) is 9.18 Å². The van der Waals surface area contributed by atoms with Gasteiger partial charge in [-0.05, 0) is 63.3 Å². The van der Waals surface area contributed by atoms with Gasteiger partial charge in [0.15, 0.2) is 5.78 Å². The van der Waals surface area contributed by atoms with Crippen LogP contribution in [-0.4, -0.2) is 61.0 Å². The summed E-state index contributed by atoms with van der Waals surface area (Å²) in [6.45, 7) is 6.64. The summed E-state index contributed by atoms with van der Waals surface area (Å²) in [6, 6.07) is 12.3. The highest BCUT2D eigenvalue weighted by Gasteiger charge is 2.39. The van der Waals surface area contributed by atoms with Crippen molar-refractivity contribution >= 4 is 17.4 Å². The van der Waals surface area contributed by atoms with Crippen LogP contribution in [0.4, 0.5) is 4.39 Å². The molecule has 1 fully saturated rings. The first-order valence-corrected chi connectivity index (χ1v) is 10.9. The molecule has 0 bridgehead atoms. The Balaban J connectivity index is 1.61. The van der Waals surface area contributed by atoms with E-state index < -0.39 is 5.54 Å². The summed E-state index contributed by atoms with van der Waals surface area (Å²) in [4.78, 5) is 17.3. The third kappa shape index (κ3) is 6.26. The van der Waals surface area contributed by atoms with Crippen molar-refractivity contribution in [2.75, 3.05) is 33.8 Å². The van der Waals surface area contributed by atoms with Crippen LogP contribution in [-0.2, 0) is 17.9 Å². The molecule has 1 aliphatic heterocycles. The topological polar surface area (TPSA) is 44.8 Å². The molecule has 2 unspecified atom stereocenters. The smallest absolute Gasteiger partial charge is 0.191 e. The SMILES string of the molecule is CC1CNC(C)(C(=O)COc2ccc(CN(C)C)c(Cl)c2)CN1Cc1ccc(F)cc1. The molecular formula is C24H31ClFN3O2. The van der Waals surface area contributed by atoms with Crippen molar-refractivity contribution in [2.24, 2.45) is 0 Å². The van der Waals surface area contributed by atoms with Crippen LogP contribution in [0.15, 0.2) is 42.5 Å². The normalized spacial score (nSPS) is 22.0. The molecule has 1 saturated heterocycles. The van der Waals surface area contributed by atoms with Gasteiger partial charge in [0.2, 0.25) is 0 Å². The zero-order chi connectivity index (χ0) is 22.6. The molecule has 1 aliphatic rings. The Bertz CT molecular complexity index is 906. The van der Waals surface area contributed by atoms with Gasteiger partial charge < -0.3 is 15.0 Å². The quantitative estimate of drug-likeness (QED) is 0.667. The third-order valence-electron chi connectivity index (χ3n) is 5.73. The van der Waals surface area contributed by atoms with Crippen LogP contribution in [0.1, 0.15) is 25.0 Å². The number of nitrogens with one attached hydrogen (secondary N) is 1. The van der Waals surface area contributed by atoms with E-state index in [0.717, 1.165) is 17.7 Å². The number of carbonyl (C=O) groups excluding carboxylic acids is 1. The molecular weight excluding hydrogens is 417 g/mol. The molecule has 0 aromatic heterocycles. The van der Waals surface area contributed by atoms with Gasteiger partial charge in [0.25, 0.3) is 0 Å². The van der Waals surface area contributed by atoms with Gasteiger partial charge in [-0.1, -0.05) is 29.8 Å². The molecule has 2 atom stereocenters. The van der Waals surface area contributed by atoms with Gasteiger partial charge >= 0.3 is 0 Å². The Hall–Kier alpha value is -1.99. The van der Waals surface area contributed by atoms with Crippen LogP contribution in [0.5, 0.6) is 5.75 Å². The van der Waals surface area contributed by atoms with E-state index >= 15 is 0 Å². The highest BCUT2D eigenvalue weighted by molar-refractivity contribution is 6.31. The molecule has 31 heavy (non-hydrogen) atoms. The molecule has 0 spiro atoms. The number of nitrogens with zero attached hydrogens (tertiary/aromatic N) is 2. The zero-order valence-corrected chi connectivity index (χ0v) is 19.4. The monoisotopic (exact) mass is 447 g/mol. The van der Waals surface area contributed by atoms with Gasteiger partial charge in [0.05, 0.1) is 5.54 Å². The van der Waals surface area contributed by atoms with E-state index in [0.29, 0.717) is 30.4 Å². The van der Waals surface area contributed by atoms with E-state index in [2.05, 4.69) is 17.1 Å². The number of halogens is 2. The van der Waals surface area contributed by atoms with E-state index in [1.165, 1.54) is 12.1 Å². The van der Waals surface area contributed by atoms with Crippen LogP contribution >= 0.6 is 11.6 Å². The second-order valence-electron chi connectivity index (χ2n) is 8.80. The predicted octanol–water partition coefficient (Wildman–Crippen LogP) is 3.74. The number of Topliss-reactive ketones (excluding diaryl/α,β-unsaturated/α-hetero) is 1. The van der Waals surface area contributed by atoms with Crippen LogP contribution in [0, 0.1) is 5.82 Å². The fraction of sp³-hybridized carbons (Fsp3) is 0.458. The second kappa shape index (κ2) is 10.1. The summed E-state index contributed by atoms with van der Waals surface area (Å²) >= 11 is 6.35. The lowest BCUT2D eigenvalue weighted by molar-refractivity contribution is -0.129. The first-order chi connectivity index (χ1) is 14.7. The Morgan fingerprint density at radius 3 is 2.65 bits per heavy atom. The number of benzene rings is 2. The maximum Gasteiger partial charge on any atom is 0.191 e. The zero-order valence-electron chi connectivity index (χ0n) is 18.6. The average Bonchev–Trinajstić information content (AvgIpc) is 2.72. The van der Waals surface area contributed by atoms with E-state index in [4.69, 9.17) is 16.3 Å². The molecule has 0 saturated carbocycles. The molecule has 2 aromatic carbocycles. The number of ketones is 1. The predicted molar refractivity (Wildman–Crippen MR) is 122 cm³/mol. The molecule has 0 aliphatic carbocycles. The van der Waals surface area contributed by atoms with Crippen LogP contribution in [0.3, 0.4) is 0 Å². The number of hydrogen-bond donors (Lipinski definition) is 1. The lowest BCUT2D eigenvalue weighted by atomic mass is 9.91. The Labute approximate surface area is 189 Å². The molecule has 7 heteroatoms. The highest BCUT2D eigenvalue weighted by atomic mass is 35.5. The van der Waals surface area contributed by atoms with Crippen molar-refractivity contribution in [3.63, 3.8) is 0 Å². The highest BCUT2D eigenvalue weighted by Crippen LogP contribution is 2.24. The summed E-state index contributed by atoms with van der Waals surface area (Å²) < 4.78 is 19.0. The summed E-state index contributed by atoms with van der Waals surface area (Å²) in [6.07, 6.45) is 0. The van der Waals surface area contributed by atoms with E-state index in [1.807, 2.05) is 38.1 Å². The molecule has 1 heterocycles. The van der Waals surface area contributed by atoms with Crippen molar-refractivity contribution in [1.29, 1.82) is 0 Å². The van der Waals surface area contributed by atoms with Crippen LogP contribution in [0.2, 0.25) is 5.02 Å². The number of piperazine rings is 1. The number of carbonyl (C=O) groups is 1. The molecule has 1 N–H and O–H groups in total. The van der Waals surface area contributed by atoms with Crippen molar-refractivity contribution in [2.45, 2.75) is 38.5 Å². The number of ether oxygens (including phenoxy) is 1. The Kier molecular flexibility index (Phi) is 7.70. The van der Waals surface area contributed by atoms with Crippen LogP contribution < -0.4 is 10.1 Å². The lowest BCUT2D eigenvalue weighted by Gasteiger charge is -2.44. The standard InChI is InChI=1S/C24H31ClFN3O2/c1-17-12-27-24(2,16-29(17)13-18-5-8-20(26)9-6-18)23(30)15-31-21-10-7-19(14-28(3)4)22(25)11-21/h5-11,17,27H,12-16H2,1-4H3. The first kappa shape index (κ1) is 23.7. The molecule has 0 radical (unpaired) electrons. The summed E-state index contributed by atoms with van der Waals surface area (Å²) in [5.41, 5.74) is 1.31. The summed E-state index contributed by atoms with van der Waals surface area (Å²) in [5.74, 6) is 0.318. The molecule has 0 amide bonds. The van der Waals surface area contributed by atoms with Crippen molar-refractivity contribution in [3.8, 4) is 5.75 Å². The summed E-state index contributed by atoms with van der Waals surface area (Å²) in [7, 11) is 3.97. The second-order valence-corrected chi connectivity index (χ2v) is 9.20. The van der Waals surface area contributed by atoms with Gasteiger partial charge in [0.1, 0.15) is 18.2 Å². The number of rotatable bonds is 8. The van der Waals surface area contributed by atoms with Crippen molar-refractivity contribution in [3.05, 3.63) is 64.4 Å². The third-order valence-corrected chi connectivity index (χ3v) is 6.08. The minimum Gasteiger partial charge on any atom is -0.486 e. The van der Waals surface area contributed by atoms with Gasteiger partial charge in [-0.25, -0.2) is 4.39 Å². The lowest BCUT2D eigenvalue weighted by Crippen LogP contribution is -2.66. The minimum absolute atomic E-state index is 0.0167.